The first kappa shape index (κ1) is 14.8. The fraction of sp³-hybridized carbons (Fsp3) is 0.692. The van der Waals surface area contributed by atoms with Crippen molar-refractivity contribution >= 4 is 11.8 Å². The largest absolute Gasteiger partial charge is 0.392 e. The number of hydrogen-bond donors (Lipinski definition) is 4. The van der Waals surface area contributed by atoms with Crippen LogP contribution in [-0.4, -0.2) is 47.9 Å². The van der Waals surface area contributed by atoms with Gasteiger partial charge in [0.25, 0.3) is 5.56 Å². The first-order valence-electron chi connectivity index (χ1n) is 6.91. The van der Waals surface area contributed by atoms with E-state index in [4.69, 9.17) is 0 Å². The van der Waals surface area contributed by atoms with Gasteiger partial charge in [0.1, 0.15) is 11.5 Å². The van der Waals surface area contributed by atoms with Crippen molar-refractivity contribution in [2.45, 2.75) is 54.6 Å². The number of rotatable bonds is 1. The maximum absolute atomic E-state index is 12.0. The van der Waals surface area contributed by atoms with Crippen molar-refractivity contribution in [2.24, 2.45) is 0 Å². The predicted molar refractivity (Wildman–Crippen MR) is 77.3 cm³/mol. The van der Waals surface area contributed by atoms with E-state index in [-0.39, 0.29) is 0 Å². The molecular weight excluding hydrogens is 296 g/mol. The molecule has 2 heterocycles. The Hall–Kier alpha value is -1.09. The minimum atomic E-state index is -1.18. The molecule has 0 amide bonds. The maximum atomic E-state index is 12.0. The second kappa shape index (κ2) is 4.98. The van der Waals surface area contributed by atoms with Crippen LogP contribution in [0.15, 0.2) is 15.8 Å². The molecule has 0 aromatic carbocycles. The highest BCUT2D eigenvalue weighted by Crippen LogP contribution is 2.56. The van der Waals surface area contributed by atoms with Crippen LogP contribution < -0.4 is 11.2 Å². The van der Waals surface area contributed by atoms with Gasteiger partial charge in [0.2, 0.25) is 0 Å². The van der Waals surface area contributed by atoms with Crippen molar-refractivity contribution in [3.05, 3.63) is 32.6 Å². The van der Waals surface area contributed by atoms with Crippen LogP contribution in [0.4, 0.5) is 0 Å². The van der Waals surface area contributed by atoms with Crippen molar-refractivity contribution in [1.82, 2.24) is 9.55 Å². The highest BCUT2D eigenvalue weighted by molar-refractivity contribution is 8.01. The summed E-state index contributed by atoms with van der Waals surface area (Å²) in [5.74, 6) is 0. The minimum absolute atomic E-state index is 0.352. The Morgan fingerprint density at radius 1 is 1.38 bits per heavy atom. The number of H-pyrrole nitrogens is 1. The molecule has 2 fully saturated rings. The molecule has 21 heavy (non-hydrogen) atoms. The fourth-order valence-corrected chi connectivity index (χ4v) is 5.09. The van der Waals surface area contributed by atoms with Crippen molar-refractivity contribution in [2.75, 3.05) is 0 Å². The highest BCUT2D eigenvalue weighted by Gasteiger charge is 2.59. The molecular formula is C13H18N2O5S. The third-order valence-electron chi connectivity index (χ3n) is 4.49. The molecule has 1 saturated heterocycles. The van der Waals surface area contributed by atoms with E-state index >= 15 is 0 Å². The number of aliphatic hydroxyl groups excluding tert-OH is 3. The van der Waals surface area contributed by atoms with Gasteiger partial charge in [0.15, 0.2) is 0 Å². The topological polar surface area (TPSA) is 116 Å². The van der Waals surface area contributed by atoms with Crippen molar-refractivity contribution in [3.8, 4) is 0 Å². The van der Waals surface area contributed by atoms with Gasteiger partial charge >= 0.3 is 5.69 Å². The number of nitrogens with zero attached hydrogens (tertiary/aromatic N) is 1. The molecule has 4 N–H and O–H groups in total. The second-order valence-electron chi connectivity index (χ2n) is 5.79. The summed E-state index contributed by atoms with van der Waals surface area (Å²) < 4.78 is 0.392. The highest BCUT2D eigenvalue weighted by atomic mass is 32.2. The zero-order chi connectivity index (χ0) is 15.4. The monoisotopic (exact) mass is 314 g/mol. The lowest BCUT2D eigenvalue weighted by molar-refractivity contribution is -0.0259. The van der Waals surface area contributed by atoms with Gasteiger partial charge in [-0.25, -0.2) is 4.79 Å². The van der Waals surface area contributed by atoms with E-state index < -0.39 is 39.7 Å². The van der Waals surface area contributed by atoms with E-state index in [0.717, 1.165) is 6.42 Å². The smallest absolute Gasteiger partial charge is 0.329 e. The zero-order valence-corrected chi connectivity index (χ0v) is 12.3. The van der Waals surface area contributed by atoms with Gasteiger partial charge in [-0.1, -0.05) is 0 Å². The lowest BCUT2D eigenvalue weighted by Gasteiger charge is -2.30. The number of aromatic nitrogens is 2. The molecule has 1 aromatic rings. The molecule has 3 rings (SSSR count). The van der Waals surface area contributed by atoms with Gasteiger partial charge < -0.3 is 15.3 Å². The molecule has 0 unspecified atom stereocenters. The number of nitrogens with one attached hydrogen (secondary N) is 1. The van der Waals surface area contributed by atoms with E-state index in [1.807, 2.05) is 0 Å². The van der Waals surface area contributed by atoms with E-state index in [2.05, 4.69) is 4.98 Å². The molecule has 0 bridgehead atoms. The van der Waals surface area contributed by atoms with Crippen LogP contribution in [0.2, 0.25) is 0 Å². The maximum Gasteiger partial charge on any atom is 0.329 e. The van der Waals surface area contributed by atoms with Crippen LogP contribution in [0.25, 0.3) is 0 Å². The number of thioether (sulfide) groups is 1. The van der Waals surface area contributed by atoms with Crippen LogP contribution in [0, 0.1) is 6.92 Å². The first-order chi connectivity index (χ1) is 9.86. The molecule has 8 heteroatoms. The van der Waals surface area contributed by atoms with E-state index in [0.29, 0.717) is 18.4 Å². The summed E-state index contributed by atoms with van der Waals surface area (Å²) in [5, 5.41) is 30.1. The molecule has 1 aliphatic carbocycles. The molecule has 2 aliphatic rings. The summed E-state index contributed by atoms with van der Waals surface area (Å²) >= 11 is 1.22. The third-order valence-corrected chi connectivity index (χ3v) is 6.39. The lowest BCUT2D eigenvalue weighted by atomic mass is 9.94. The first-order valence-corrected chi connectivity index (χ1v) is 7.79. The van der Waals surface area contributed by atoms with Crippen LogP contribution in [0.1, 0.15) is 30.2 Å². The fourth-order valence-electron chi connectivity index (χ4n) is 3.27. The average Bonchev–Trinajstić information content (AvgIpc) is 2.91. The zero-order valence-electron chi connectivity index (χ0n) is 11.5. The van der Waals surface area contributed by atoms with Gasteiger partial charge in [-0.05, 0) is 26.2 Å². The van der Waals surface area contributed by atoms with Gasteiger partial charge in [-0.2, -0.15) is 0 Å². The van der Waals surface area contributed by atoms with Crippen LogP contribution in [-0.2, 0) is 0 Å². The summed E-state index contributed by atoms with van der Waals surface area (Å²) in [6.45, 7) is 1.57. The van der Waals surface area contributed by atoms with E-state index in [9.17, 15) is 24.9 Å². The Kier molecular flexibility index (Phi) is 3.52. The van der Waals surface area contributed by atoms with E-state index in [1.54, 1.807) is 6.92 Å². The number of aromatic amines is 1. The Labute approximate surface area is 124 Å². The Bertz CT molecular complexity index is 671. The standard InChI is InChI=1S/C13H18N2O5S/c1-6-5-15(12(20)14-10(6)19)11-8(17)9(18)13(21-11)4-2-3-7(13)16/h5,7-9,11,16-18H,2-4H2,1H3,(H,14,19,20)/t7-,8+,9-,11+,13-/m0/s1. The van der Waals surface area contributed by atoms with Crippen LogP contribution in [0.3, 0.4) is 0 Å². The van der Waals surface area contributed by atoms with Crippen molar-refractivity contribution in [1.29, 1.82) is 0 Å². The van der Waals surface area contributed by atoms with Gasteiger partial charge in [0, 0.05) is 11.8 Å². The molecule has 1 saturated carbocycles. The Balaban J connectivity index is 2.03. The number of aryl methyl sites for hydroxylation is 1. The molecule has 0 radical (unpaired) electrons. The number of aliphatic hydroxyl groups is 3. The van der Waals surface area contributed by atoms with Crippen molar-refractivity contribution < 1.29 is 15.3 Å². The second-order valence-corrected chi connectivity index (χ2v) is 7.26. The third kappa shape index (κ3) is 2.09. The Morgan fingerprint density at radius 2 is 2.10 bits per heavy atom. The lowest BCUT2D eigenvalue weighted by Crippen LogP contribution is -2.46. The van der Waals surface area contributed by atoms with Crippen molar-refractivity contribution in [3.63, 3.8) is 0 Å². The van der Waals surface area contributed by atoms with Crippen LogP contribution >= 0.6 is 11.8 Å². The molecule has 7 nitrogen and oxygen atoms in total. The molecule has 1 spiro atoms. The average molecular weight is 314 g/mol. The Morgan fingerprint density at radius 3 is 2.71 bits per heavy atom. The van der Waals surface area contributed by atoms with Crippen LogP contribution in [0.5, 0.6) is 0 Å². The summed E-state index contributed by atoms with van der Waals surface area (Å²) in [6, 6.07) is 0. The predicted octanol–water partition coefficient (Wildman–Crippen LogP) is -0.904. The molecule has 1 aromatic heterocycles. The van der Waals surface area contributed by atoms with E-state index in [1.165, 1.54) is 22.5 Å². The summed E-state index contributed by atoms with van der Waals surface area (Å²) in [7, 11) is 0. The minimum Gasteiger partial charge on any atom is -0.392 e. The molecule has 1 aliphatic heterocycles. The summed E-state index contributed by atoms with van der Waals surface area (Å²) in [5.41, 5.74) is -0.742. The SMILES string of the molecule is Cc1cn([C@@H]2S[C@]3(CCC[C@@H]3O)[C@@H](O)[C@H]2O)c(=O)[nH]c1=O. The quantitative estimate of drug-likeness (QED) is 0.534. The van der Waals surface area contributed by atoms with Gasteiger partial charge in [0.05, 0.1) is 17.0 Å². The molecule has 116 valence electrons. The summed E-state index contributed by atoms with van der Waals surface area (Å²) in [6.07, 6.45) is 0.319. The van der Waals surface area contributed by atoms with Gasteiger partial charge in [-0.3, -0.25) is 14.3 Å². The van der Waals surface area contributed by atoms with Gasteiger partial charge in [-0.15, -0.1) is 11.8 Å². The number of hydrogen-bond acceptors (Lipinski definition) is 6. The summed E-state index contributed by atoms with van der Waals surface area (Å²) in [4.78, 5) is 25.6. The molecule has 5 atom stereocenters. The normalized spacial score (nSPS) is 39.2.